The van der Waals surface area contributed by atoms with Gasteiger partial charge in [-0.05, 0) is 19.1 Å². The van der Waals surface area contributed by atoms with Crippen LogP contribution in [0.15, 0.2) is 30.3 Å². The lowest BCUT2D eigenvalue weighted by Crippen LogP contribution is -2.38. The maximum atomic E-state index is 9.77. The molecule has 0 aliphatic carbocycles. The average molecular weight is 386 g/mol. The maximum Gasteiger partial charge on any atom is 0.123 e. The van der Waals surface area contributed by atoms with Gasteiger partial charge in [-0.3, -0.25) is 14.5 Å². The van der Waals surface area contributed by atoms with Crippen molar-refractivity contribution in [1.29, 1.82) is 0 Å². The Labute approximate surface area is 166 Å². The first-order valence-corrected chi connectivity index (χ1v) is 10.2. The minimum Gasteiger partial charge on any atom is -0.492 e. The lowest BCUT2D eigenvalue weighted by molar-refractivity contribution is 0.0321. The number of para-hydroxylation sites is 1. The van der Waals surface area contributed by atoms with Crippen molar-refractivity contribution < 1.29 is 14.6 Å². The zero-order chi connectivity index (χ0) is 19.3. The summed E-state index contributed by atoms with van der Waals surface area (Å²) in [6, 6.07) is 10.3. The van der Waals surface area contributed by atoms with Crippen LogP contribution in [0.5, 0.6) is 5.75 Å². The van der Waals surface area contributed by atoms with E-state index in [-0.39, 0.29) is 0 Å². The van der Waals surface area contributed by atoms with Gasteiger partial charge in [-0.25, -0.2) is 0 Å². The van der Waals surface area contributed by atoms with Crippen LogP contribution in [0.1, 0.15) is 30.0 Å². The Kier molecular flexibility index (Phi) is 6.26. The minimum atomic E-state index is -0.521. The molecule has 0 saturated carbocycles. The Balaban J connectivity index is 1.34. The number of aliphatic hydroxyl groups excluding tert-OH is 1. The lowest BCUT2D eigenvalue weighted by Gasteiger charge is -2.28. The molecule has 1 aromatic heterocycles. The molecule has 0 radical (unpaired) electrons. The highest BCUT2D eigenvalue weighted by Gasteiger charge is 2.21. The average Bonchev–Trinajstić information content (AvgIpc) is 3.14. The second kappa shape index (κ2) is 9.05. The van der Waals surface area contributed by atoms with E-state index in [1.165, 1.54) is 5.56 Å². The highest BCUT2D eigenvalue weighted by atomic mass is 16.5. The maximum absolute atomic E-state index is 9.77. The predicted octanol–water partition coefficient (Wildman–Crippen LogP) is 1.66. The summed E-state index contributed by atoms with van der Waals surface area (Å²) in [6.45, 7) is 10.5. The third kappa shape index (κ3) is 4.72. The zero-order valence-corrected chi connectivity index (χ0v) is 16.6. The number of hydrogen-bond acceptors (Lipinski definition) is 6. The molecular weight excluding hydrogens is 356 g/mol. The Morgan fingerprint density at radius 3 is 2.79 bits per heavy atom. The van der Waals surface area contributed by atoms with Crippen molar-refractivity contribution in [1.82, 2.24) is 19.6 Å². The molecule has 1 N–H and O–H groups in total. The number of aliphatic hydroxyl groups is 1. The minimum absolute atomic E-state index is 0.521. The van der Waals surface area contributed by atoms with E-state index in [1.54, 1.807) is 6.92 Å². The van der Waals surface area contributed by atoms with E-state index in [2.05, 4.69) is 33.1 Å². The van der Waals surface area contributed by atoms with Gasteiger partial charge in [-0.2, -0.15) is 5.10 Å². The first-order valence-electron chi connectivity index (χ1n) is 10.2. The van der Waals surface area contributed by atoms with Crippen molar-refractivity contribution in [2.45, 2.75) is 32.7 Å². The Morgan fingerprint density at radius 2 is 1.96 bits per heavy atom. The van der Waals surface area contributed by atoms with Crippen LogP contribution in [0, 0.1) is 0 Å². The fraction of sp³-hybridized carbons (Fsp3) is 0.571. The van der Waals surface area contributed by atoms with Gasteiger partial charge in [0.15, 0.2) is 0 Å². The first-order chi connectivity index (χ1) is 13.7. The van der Waals surface area contributed by atoms with E-state index in [0.717, 1.165) is 76.2 Å². The van der Waals surface area contributed by atoms with E-state index in [1.807, 2.05) is 16.8 Å². The normalized spacial score (nSPS) is 19.4. The summed E-state index contributed by atoms with van der Waals surface area (Å²) in [5.74, 6) is 0.972. The molecule has 1 fully saturated rings. The van der Waals surface area contributed by atoms with Gasteiger partial charge in [0, 0.05) is 44.8 Å². The molecule has 2 aliphatic rings. The predicted molar refractivity (Wildman–Crippen MR) is 106 cm³/mol. The van der Waals surface area contributed by atoms with E-state index < -0.39 is 6.10 Å². The molecule has 2 aliphatic heterocycles. The molecule has 2 aromatic rings. The largest absolute Gasteiger partial charge is 0.492 e. The summed E-state index contributed by atoms with van der Waals surface area (Å²) >= 11 is 0. The van der Waals surface area contributed by atoms with Gasteiger partial charge in [0.2, 0.25) is 0 Å². The second-order valence-corrected chi connectivity index (χ2v) is 7.58. The molecular formula is C21H30N4O3. The van der Waals surface area contributed by atoms with Crippen molar-refractivity contribution in [2.24, 2.45) is 0 Å². The van der Waals surface area contributed by atoms with E-state index >= 15 is 0 Å². The van der Waals surface area contributed by atoms with Gasteiger partial charge in [-0.1, -0.05) is 18.2 Å². The molecule has 4 rings (SSSR count). The van der Waals surface area contributed by atoms with Crippen LogP contribution in [-0.2, 0) is 24.4 Å². The van der Waals surface area contributed by atoms with Crippen molar-refractivity contribution in [3.63, 3.8) is 0 Å². The number of rotatable bonds is 7. The van der Waals surface area contributed by atoms with Gasteiger partial charge < -0.3 is 14.6 Å². The highest BCUT2D eigenvalue weighted by molar-refractivity contribution is 5.33. The molecule has 152 valence electrons. The number of fused-ring (bicyclic) bond motifs is 1. The van der Waals surface area contributed by atoms with E-state index in [4.69, 9.17) is 9.47 Å². The lowest BCUT2D eigenvalue weighted by atomic mass is 10.1. The van der Waals surface area contributed by atoms with Gasteiger partial charge in [-0.15, -0.1) is 0 Å². The number of aromatic nitrogens is 2. The monoisotopic (exact) mass is 386 g/mol. The third-order valence-electron chi connectivity index (χ3n) is 5.46. The standard InChI is InChI=1S/C21H30N4O3/c1-17(26)20-14-19-16-24(6-7-25(19)22-20)15-18-4-2-3-5-21(18)28-13-10-23-8-11-27-12-9-23/h2-5,14,17,26H,6-13,15-16H2,1H3. The quantitative estimate of drug-likeness (QED) is 0.781. The number of benzene rings is 1. The van der Waals surface area contributed by atoms with Gasteiger partial charge in [0.25, 0.3) is 0 Å². The fourth-order valence-electron chi connectivity index (χ4n) is 3.81. The molecule has 7 heteroatoms. The van der Waals surface area contributed by atoms with Crippen molar-refractivity contribution >= 4 is 0 Å². The topological polar surface area (TPSA) is 63.0 Å². The van der Waals surface area contributed by atoms with Crippen LogP contribution in [-0.4, -0.2) is 70.7 Å². The summed E-state index contributed by atoms with van der Waals surface area (Å²) in [5.41, 5.74) is 3.13. The Bertz CT molecular complexity index is 771. The van der Waals surface area contributed by atoms with Gasteiger partial charge in [0.1, 0.15) is 12.4 Å². The van der Waals surface area contributed by atoms with Crippen LogP contribution < -0.4 is 4.74 Å². The molecule has 0 bridgehead atoms. The highest BCUT2D eigenvalue weighted by Crippen LogP contribution is 2.23. The number of morpholine rings is 1. The van der Waals surface area contributed by atoms with Crippen molar-refractivity contribution in [3.05, 3.63) is 47.3 Å². The van der Waals surface area contributed by atoms with Crippen LogP contribution in [0.3, 0.4) is 0 Å². The molecule has 0 amide bonds. The second-order valence-electron chi connectivity index (χ2n) is 7.58. The molecule has 1 unspecified atom stereocenters. The SMILES string of the molecule is CC(O)c1cc2n(n1)CCN(Cc1ccccc1OCCN1CCOCC1)C2. The van der Waals surface area contributed by atoms with Crippen LogP contribution >= 0.6 is 0 Å². The summed E-state index contributed by atoms with van der Waals surface area (Å²) in [7, 11) is 0. The van der Waals surface area contributed by atoms with Crippen LogP contribution in [0.4, 0.5) is 0 Å². The smallest absolute Gasteiger partial charge is 0.123 e. The molecule has 7 nitrogen and oxygen atoms in total. The molecule has 3 heterocycles. The summed E-state index contributed by atoms with van der Waals surface area (Å²) in [5, 5.41) is 14.3. The summed E-state index contributed by atoms with van der Waals surface area (Å²) in [6.07, 6.45) is -0.521. The van der Waals surface area contributed by atoms with Gasteiger partial charge >= 0.3 is 0 Å². The first kappa shape index (κ1) is 19.4. The number of ether oxygens (including phenoxy) is 2. The number of nitrogens with zero attached hydrogens (tertiary/aromatic N) is 4. The molecule has 1 saturated heterocycles. The molecule has 1 aromatic carbocycles. The summed E-state index contributed by atoms with van der Waals surface area (Å²) in [4.78, 5) is 4.80. The molecule has 28 heavy (non-hydrogen) atoms. The summed E-state index contributed by atoms with van der Waals surface area (Å²) < 4.78 is 13.5. The van der Waals surface area contributed by atoms with Crippen molar-refractivity contribution in [3.8, 4) is 5.75 Å². The fourth-order valence-corrected chi connectivity index (χ4v) is 3.81. The van der Waals surface area contributed by atoms with Crippen LogP contribution in [0.2, 0.25) is 0 Å². The van der Waals surface area contributed by atoms with E-state index in [0.29, 0.717) is 6.61 Å². The Morgan fingerprint density at radius 1 is 1.14 bits per heavy atom. The molecule has 0 spiro atoms. The Hall–Kier alpha value is -1.93. The van der Waals surface area contributed by atoms with E-state index in [9.17, 15) is 5.11 Å². The van der Waals surface area contributed by atoms with Gasteiger partial charge in [0.05, 0.1) is 37.3 Å². The van der Waals surface area contributed by atoms with Crippen molar-refractivity contribution in [2.75, 3.05) is 46.0 Å². The zero-order valence-electron chi connectivity index (χ0n) is 16.6. The molecule has 1 atom stereocenters. The number of hydrogen-bond donors (Lipinski definition) is 1. The third-order valence-corrected chi connectivity index (χ3v) is 5.46. The van der Waals surface area contributed by atoms with Crippen LogP contribution in [0.25, 0.3) is 0 Å².